The number of pyridine rings is 1. The Morgan fingerprint density at radius 3 is 2.74 bits per heavy atom. The Kier molecular flexibility index (Phi) is 7.80. The van der Waals surface area contributed by atoms with Crippen molar-refractivity contribution in [2.45, 2.75) is 24.3 Å². The van der Waals surface area contributed by atoms with Gasteiger partial charge >= 0.3 is 4.80 Å². The third-order valence-electron chi connectivity index (χ3n) is 6.27. The van der Waals surface area contributed by atoms with Crippen molar-refractivity contribution in [2.75, 3.05) is 20.3 Å². The number of rotatable bonds is 9. The minimum absolute atomic E-state index is 0.229. The molecule has 0 saturated carbocycles. The van der Waals surface area contributed by atoms with Gasteiger partial charge in [-0.1, -0.05) is 23.0 Å². The van der Waals surface area contributed by atoms with Gasteiger partial charge < -0.3 is 14.0 Å². The highest BCUT2D eigenvalue weighted by Gasteiger charge is 2.20. The van der Waals surface area contributed by atoms with Crippen molar-refractivity contribution in [1.82, 2.24) is 19.1 Å². The summed E-state index contributed by atoms with van der Waals surface area (Å²) in [5.74, 6) is 0.970. The van der Waals surface area contributed by atoms with Crippen LogP contribution in [0.2, 0.25) is 0 Å². The summed E-state index contributed by atoms with van der Waals surface area (Å²) >= 11 is 1.58. The van der Waals surface area contributed by atoms with Crippen molar-refractivity contribution >= 4 is 49.1 Å². The van der Waals surface area contributed by atoms with Crippen molar-refractivity contribution in [3.63, 3.8) is 0 Å². The van der Waals surface area contributed by atoms with E-state index in [0.29, 0.717) is 29.6 Å². The first kappa shape index (κ1) is 26.0. The summed E-state index contributed by atoms with van der Waals surface area (Å²) in [6.07, 6.45) is 2.48. The lowest BCUT2D eigenvalue weighted by atomic mass is 10.2. The second-order valence-corrected chi connectivity index (χ2v) is 11.1. The van der Waals surface area contributed by atoms with Crippen LogP contribution in [-0.2, 0) is 35.4 Å². The fraction of sp³-hybridized carbons (Fsp3) is 0.296. The van der Waals surface area contributed by atoms with Crippen LogP contribution in [0.1, 0.15) is 17.7 Å². The van der Waals surface area contributed by atoms with Gasteiger partial charge in [0.25, 0.3) is 0 Å². The van der Waals surface area contributed by atoms with Gasteiger partial charge in [0, 0.05) is 44.1 Å². The molecule has 5 aromatic rings. The fourth-order valence-electron chi connectivity index (χ4n) is 4.22. The van der Waals surface area contributed by atoms with Gasteiger partial charge in [-0.25, -0.2) is 9.55 Å². The molecule has 9 nitrogen and oxygen atoms in total. The quantitative estimate of drug-likeness (QED) is 0.154. The standard InChI is InChI=1S/C27H29N6O3S2/c1-18-21(28-14-13-23(18)36-16-8-15-35-4)17-38(34)27-29-19-9-7-10-20(25(19)33(27)3)30-31-26-32(2)22-11-5-6-12-24(22)37-26/h5-7,9-14H,8,15-17H2,1-4H3/q+1. The average Bonchev–Trinajstić information content (AvgIpc) is 3.44. The van der Waals surface area contributed by atoms with Gasteiger partial charge in [-0.3, -0.25) is 9.19 Å². The third-order valence-corrected chi connectivity index (χ3v) is 8.68. The number of aromatic nitrogens is 4. The summed E-state index contributed by atoms with van der Waals surface area (Å²) in [4.78, 5) is 14.5. The van der Waals surface area contributed by atoms with Crippen LogP contribution in [0.15, 0.2) is 65.0 Å². The van der Waals surface area contributed by atoms with Crippen LogP contribution < -0.4 is 9.54 Å². The van der Waals surface area contributed by atoms with Crippen molar-refractivity contribution in [3.05, 3.63) is 70.8 Å². The number of ether oxygens (including phenoxy) is 2. The number of aryl methyl sites for hydroxylation is 2. The summed E-state index contributed by atoms with van der Waals surface area (Å²) in [6.45, 7) is 3.12. The maximum absolute atomic E-state index is 13.5. The highest BCUT2D eigenvalue weighted by atomic mass is 32.2. The van der Waals surface area contributed by atoms with E-state index >= 15 is 0 Å². The Hall–Kier alpha value is -3.63. The van der Waals surface area contributed by atoms with E-state index in [4.69, 9.17) is 9.47 Å². The molecule has 0 saturated heterocycles. The van der Waals surface area contributed by atoms with Crippen LogP contribution in [0.3, 0.4) is 0 Å². The lowest BCUT2D eigenvalue weighted by Gasteiger charge is -2.12. The maximum atomic E-state index is 13.5. The number of hydrogen-bond acceptors (Lipinski definition) is 7. The molecule has 5 rings (SSSR count). The molecule has 1 atom stereocenters. The molecule has 3 aromatic heterocycles. The molecule has 0 amide bonds. The first-order chi connectivity index (χ1) is 18.5. The molecular formula is C27H29N6O3S2+. The van der Waals surface area contributed by atoms with E-state index in [2.05, 4.69) is 32.0 Å². The first-order valence-corrected chi connectivity index (χ1v) is 14.3. The van der Waals surface area contributed by atoms with E-state index in [1.54, 1.807) is 24.6 Å². The van der Waals surface area contributed by atoms with Crippen molar-refractivity contribution in [1.29, 1.82) is 0 Å². The van der Waals surface area contributed by atoms with Crippen LogP contribution in [0, 0.1) is 6.92 Å². The van der Waals surface area contributed by atoms with Gasteiger partial charge in [0.05, 0.1) is 51.6 Å². The maximum Gasteiger partial charge on any atom is 0.465 e. The zero-order chi connectivity index (χ0) is 26.6. The number of fused-ring (bicyclic) bond motifs is 2. The highest BCUT2D eigenvalue weighted by molar-refractivity contribution is 7.84. The average molecular weight is 550 g/mol. The van der Waals surface area contributed by atoms with Gasteiger partial charge in [0.2, 0.25) is 0 Å². The molecular weight excluding hydrogens is 520 g/mol. The van der Waals surface area contributed by atoms with Crippen LogP contribution >= 0.6 is 11.3 Å². The third kappa shape index (κ3) is 5.19. The van der Waals surface area contributed by atoms with Crippen LogP contribution in [0.25, 0.3) is 21.3 Å². The molecule has 0 spiro atoms. The Bertz CT molecular complexity index is 1750. The van der Waals surface area contributed by atoms with E-state index in [9.17, 15) is 4.21 Å². The summed E-state index contributed by atoms with van der Waals surface area (Å²) in [6, 6.07) is 15.7. The van der Waals surface area contributed by atoms with Gasteiger partial charge in [-0.05, 0) is 48.6 Å². The highest BCUT2D eigenvalue weighted by Crippen LogP contribution is 2.28. The minimum atomic E-state index is -1.43. The second kappa shape index (κ2) is 11.4. The fourth-order valence-corrected chi connectivity index (χ4v) is 6.46. The van der Waals surface area contributed by atoms with Gasteiger partial charge in [-0.15, -0.1) is 0 Å². The molecule has 1 unspecified atom stereocenters. The van der Waals surface area contributed by atoms with Crippen LogP contribution in [-0.4, -0.2) is 48.4 Å². The molecule has 0 bridgehead atoms. The van der Waals surface area contributed by atoms with E-state index < -0.39 is 10.8 Å². The zero-order valence-corrected chi connectivity index (χ0v) is 23.4. The lowest BCUT2D eigenvalue weighted by Crippen LogP contribution is -2.11. The van der Waals surface area contributed by atoms with E-state index in [-0.39, 0.29) is 5.75 Å². The first-order valence-electron chi connectivity index (χ1n) is 12.2. The van der Waals surface area contributed by atoms with E-state index in [0.717, 1.165) is 44.0 Å². The molecule has 11 heteroatoms. The molecule has 0 aliphatic rings. The number of methoxy groups -OCH3 is 1. The number of para-hydroxylation sites is 2. The summed E-state index contributed by atoms with van der Waals surface area (Å²) in [5.41, 5.74) is 4.87. The van der Waals surface area contributed by atoms with Crippen molar-refractivity contribution in [3.8, 4) is 5.75 Å². The summed E-state index contributed by atoms with van der Waals surface area (Å²) < 4.78 is 29.5. The van der Waals surface area contributed by atoms with Gasteiger partial charge in [0.1, 0.15) is 17.0 Å². The smallest absolute Gasteiger partial charge is 0.465 e. The molecule has 0 radical (unpaired) electrons. The summed E-state index contributed by atoms with van der Waals surface area (Å²) in [5, 5.41) is 5.02. The lowest BCUT2D eigenvalue weighted by molar-refractivity contribution is -0.135. The number of benzene rings is 2. The summed E-state index contributed by atoms with van der Waals surface area (Å²) in [7, 11) is 4.08. The monoisotopic (exact) mass is 549 g/mol. The van der Waals surface area contributed by atoms with E-state index in [1.165, 1.54) is 0 Å². The molecule has 0 aliphatic carbocycles. The predicted octanol–water partition coefficient (Wildman–Crippen LogP) is 4.45. The van der Waals surface area contributed by atoms with Gasteiger partial charge in [0.15, 0.2) is 5.16 Å². The minimum Gasteiger partial charge on any atom is -0.493 e. The molecule has 2 aromatic carbocycles. The van der Waals surface area contributed by atoms with Crippen molar-refractivity contribution in [2.24, 2.45) is 19.2 Å². The Balaban J connectivity index is 1.45. The molecule has 0 fully saturated rings. The molecule has 3 heterocycles. The predicted molar refractivity (Wildman–Crippen MR) is 148 cm³/mol. The largest absolute Gasteiger partial charge is 0.493 e. The van der Waals surface area contributed by atoms with Crippen LogP contribution in [0.5, 0.6) is 5.75 Å². The Morgan fingerprint density at radius 2 is 1.92 bits per heavy atom. The van der Waals surface area contributed by atoms with Crippen LogP contribution in [0.4, 0.5) is 5.69 Å². The molecule has 0 aliphatic heterocycles. The Labute approximate surface area is 226 Å². The number of imidazole rings is 1. The van der Waals surface area contributed by atoms with Crippen molar-refractivity contribution < 1.29 is 18.5 Å². The molecule has 196 valence electrons. The van der Waals surface area contributed by atoms with E-state index in [1.807, 2.05) is 66.6 Å². The number of thiazole rings is 1. The normalized spacial score (nSPS) is 12.1. The molecule has 0 N–H and O–H groups in total. The topological polar surface area (TPSA) is 97.6 Å². The zero-order valence-electron chi connectivity index (χ0n) is 21.7. The second-order valence-electron chi connectivity index (χ2n) is 8.78. The number of nitrogens with zero attached hydrogens (tertiary/aromatic N) is 6. The molecule has 38 heavy (non-hydrogen) atoms. The SMILES string of the molecule is COCCCOc1ccnc(CS(=O)c2nc3cccc(N=[N+]=c4sc5ccccc5n4C)c3n2C)c1C. The Morgan fingerprint density at radius 1 is 1.08 bits per heavy atom. The van der Waals surface area contributed by atoms with Gasteiger partial charge in [-0.2, -0.15) is 0 Å². The number of hydrogen-bond donors (Lipinski definition) is 0.